The van der Waals surface area contributed by atoms with Gasteiger partial charge >= 0.3 is 0 Å². The zero-order valence-electron chi connectivity index (χ0n) is 15.9. The van der Waals surface area contributed by atoms with Gasteiger partial charge in [0, 0.05) is 30.8 Å². The van der Waals surface area contributed by atoms with Gasteiger partial charge in [-0.05, 0) is 29.7 Å². The molecule has 5 nitrogen and oxygen atoms in total. The van der Waals surface area contributed by atoms with Crippen LogP contribution in [0.15, 0.2) is 65.7 Å². The predicted octanol–water partition coefficient (Wildman–Crippen LogP) is 3.70. The monoisotopic (exact) mass is 399 g/mol. The maximum Gasteiger partial charge on any atom is 0.240 e. The molecule has 0 radical (unpaired) electrons. The van der Waals surface area contributed by atoms with E-state index in [1.165, 1.54) is 12.1 Å². The Morgan fingerprint density at radius 3 is 2.50 bits per heavy atom. The fraction of sp³-hybridized carbons (Fsp3) is 0.286. The number of aryl methyl sites for hydroxylation is 1. The minimum absolute atomic E-state index is 0.0560. The highest BCUT2D eigenvalue weighted by molar-refractivity contribution is 7.89. The number of aromatic nitrogens is 2. The first-order valence-corrected chi connectivity index (χ1v) is 10.5. The van der Waals surface area contributed by atoms with Crippen LogP contribution in [-0.2, 0) is 17.1 Å². The van der Waals surface area contributed by atoms with Crippen molar-refractivity contribution in [2.45, 2.75) is 30.7 Å². The zero-order chi connectivity index (χ0) is 20.1. The molecule has 4 rings (SSSR count). The second kappa shape index (κ2) is 6.53. The van der Waals surface area contributed by atoms with Crippen molar-refractivity contribution in [1.82, 2.24) is 14.3 Å². The molecule has 0 amide bonds. The average Bonchev–Trinajstić information content (AvgIpc) is 2.97. The molecule has 1 aromatic heterocycles. The van der Waals surface area contributed by atoms with Gasteiger partial charge in [0.05, 0.1) is 10.6 Å². The molecule has 1 aliphatic carbocycles. The highest BCUT2D eigenvalue weighted by Gasteiger charge is 2.61. The smallest absolute Gasteiger partial charge is 0.240 e. The van der Waals surface area contributed by atoms with Crippen LogP contribution in [0.2, 0.25) is 0 Å². The number of hydrogen-bond acceptors (Lipinski definition) is 3. The quantitative estimate of drug-likeness (QED) is 0.712. The Kier molecular flexibility index (Phi) is 4.39. The number of nitrogens with one attached hydrogen (secondary N) is 1. The van der Waals surface area contributed by atoms with Crippen molar-refractivity contribution < 1.29 is 12.8 Å². The summed E-state index contributed by atoms with van der Waals surface area (Å²) in [5, 5.41) is 0. The molecular weight excluding hydrogens is 377 g/mol. The van der Waals surface area contributed by atoms with Crippen molar-refractivity contribution in [2.24, 2.45) is 12.5 Å². The minimum Gasteiger partial charge on any atom is -0.334 e. The van der Waals surface area contributed by atoms with Crippen LogP contribution in [0.3, 0.4) is 0 Å². The number of hydrogen-bond donors (Lipinski definition) is 1. The topological polar surface area (TPSA) is 64.0 Å². The van der Waals surface area contributed by atoms with Gasteiger partial charge in [0.25, 0.3) is 0 Å². The molecule has 3 aromatic rings. The third-order valence-corrected chi connectivity index (χ3v) is 6.92. The van der Waals surface area contributed by atoms with Crippen LogP contribution in [0.25, 0.3) is 11.4 Å². The van der Waals surface area contributed by atoms with E-state index in [0.717, 1.165) is 5.69 Å². The second-order valence-electron chi connectivity index (χ2n) is 7.82. The lowest BCUT2D eigenvalue weighted by Crippen LogP contribution is -2.29. The van der Waals surface area contributed by atoms with Gasteiger partial charge in [-0.25, -0.2) is 22.5 Å². The van der Waals surface area contributed by atoms with Gasteiger partial charge in [-0.3, -0.25) is 0 Å². The van der Waals surface area contributed by atoms with Crippen LogP contribution in [0, 0.1) is 11.2 Å². The first-order valence-electron chi connectivity index (χ1n) is 9.07. The molecule has 1 fully saturated rings. The molecule has 28 heavy (non-hydrogen) atoms. The molecule has 146 valence electrons. The van der Waals surface area contributed by atoms with Crippen LogP contribution in [0.4, 0.5) is 4.39 Å². The van der Waals surface area contributed by atoms with Gasteiger partial charge in [0.1, 0.15) is 11.6 Å². The van der Waals surface area contributed by atoms with E-state index in [4.69, 9.17) is 4.98 Å². The van der Waals surface area contributed by atoms with Crippen molar-refractivity contribution in [3.63, 3.8) is 0 Å². The Morgan fingerprint density at radius 1 is 1.11 bits per heavy atom. The average molecular weight is 399 g/mol. The maximum atomic E-state index is 13.6. The lowest BCUT2D eigenvalue weighted by molar-refractivity contribution is 0.552. The number of sulfonamides is 1. The fourth-order valence-corrected chi connectivity index (χ4v) is 5.21. The number of imidazole rings is 1. The van der Waals surface area contributed by atoms with Gasteiger partial charge in [-0.2, -0.15) is 0 Å². The lowest BCUT2D eigenvalue weighted by atomic mass is 10.1. The van der Waals surface area contributed by atoms with Crippen molar-refractivity contribution in [3.8, 4) is 11.4 Å². The summed E-state index contributed by atoms with van der Waals surface area (Å²) in [5.41, 5.74) is 1.22. The van der Waals surface area contributed by atoms with E-state index in [0.29, 0.717) is 11.4 Å². The van der Waals surface area contributed by atoms with E-state index in [1.807, 2.05) is 37.7 Å². The van der Waals surface area contributed by atoms with Crippen molar-refractivity contribution in [3.05, 3.63) is 72.3 Å². The largest absolute Gasteiger partial charge is 0.334 e. The van der Waals surface area contributed by atoms with Crippen molar-refractivity contribution >= 4 is 10.0 Å². The molecule has 0 unspecified atom stereocenters. The van der Waals surface area contributed by atoms with E-state index < -0.39 is 10.0 Å². The van der Waals surface area contributed by atoms with E-state index in [1.54, 1.807) is 36.4 Å². The first-order chi connectivity index (χ1) is 13.2. The van der Waals surface area contributed by atoms with Crippen LogP contribution < -0.4 is 4.72 Å². The lowest BCUT2D eigenvalue weighted by Gasteiger charge is -2.07. The standard InChI is InChI=1S/C21H22FN3O2S/c1-21(2)18(19(21)24-28(26,27)16-10-5-4-6-11-16)17-13-25(3)20(23-17)14-8-7-9-15(22)12-14/h4-13,18-19,24H,1-3H3/t18-,19+/m1/s1. The van der Waals surface area contributed by atoms with E-state index >= 15 is 0 Å². The Hall–Kier alpha value is -2.51. The van der Waals surface area contributed by atoms with Crippen LogP contribution in [-0.4, -0.2) is 24.0 Å². The van der Waals surface area contributed by atoms with Crippen molar-refractivity contribution in [1.29, 1.82) is 0 Å². The predicted molar refractivity (Wildman–Crippen MR) is 106 cm³/mol. The summed E-state index contributed by atoms with van der Waals surface area (Å²) in [6.45, 7) is 4.04. The van der Waals surface area contributed by atoms with Crippen molar-refractivity contribution in [2.75, 3.05) is 0 Å². The molecule has 1 heterocycles. The Balaban J connectivity index is 1.61. The fourth-order valence-electron chi connectivity index (χ4n) is 3.78. The molecule has 2 atom stereocenters. The number of benzene rings is 2. The zero-order valence-corrected chi connectivity index (χ0v) is 16.7. The minimum atomic E-state index is -3.60. The molecule has 1 saturated carbocycles. The molecular formula is C21H22FN3O2S. The molecule has 0 spiro atoms. The summed E-state index contributed by atoms with van der Waals surface area (Å²) in [6, 6.07) is 14.4. The molecule has 1 aliphatic rings. The Bertz CT molecular complexity index is 1120. The second-order valence-corrected chi connectivity index (χ2v) is 9.54. The summed E-state index contributed by atoms with van der Waals surface area (Å²) in [7, 11) is -1.75. The molecule has 0 saturated heterocycles. The third kappa shape index (κ3) is 3.25. The molecule has 7 heteroatoms. The SMILES string of the molecule is Cn1cc([C@@H]2[C@H](NS(=O)(=O)c3ccccc3)C2(C)C)nc1-c1cccc(F)c1. The van der Waals surface area contributed by atoms with E-state index in [2.05, 4.69) is 4.72 Å². The highest BCUT2D eigenvalue weighted by Crippen LogP contribution is 2.58. The van der Waals surface area contributed by atoms with Gasteiger partial charge in [0.15, 0.2) is 0 Å². The van der Waals surface area contributed by atoms with E-state index in [-0.39, 0.29) is 28.1 Å². The summed E-state index contributed by atoms with van der Waals surface area (Å²) in [6.07, 6.45) is 1.89. The highest BCUT2D eigenvalue weighted by atomic mass is 32.2. The van der Waals surface area contributed by atoms with Gasteiger partial charge in [0.2, 0.25) is 10.0 Å². The van der Waals surface area contributed by atoms with Gasteiger partial charge in [-0.1, -0.05) is 44.2 Å². The molecule has 0 aliphatic heterocycles. The van der Waals surface area contributed by atoms with Crippen LogP contribution in [0.5, 0.6) is 0 Å². The normalized spacial score (nSPS) is 20.9. The van der Waals surface area contributed by atoms with Crippen LogP contribution in [0.1, 0.15) is 25.5 Å². The Morgan fingerprint density at radius 2 is 1.82 bits per heavy atom. The molecule has 0 bridgehead atoms. The number of halogens is 1. The summed E-state index contributed by atoms with van der Waals surface area (Å²) in [4.78, 5) is 4.94. The number of nitrogens with zero attached hydrogens (tertiary/aromatic N) is 2. The van der Waals surface area contributed by atoms with Gasteiger partial charge in [-0.15, -0.1) is 0 Å². The third-order valence-electron chi connectivity index (χ3n) is 5.46. The summed E-state index contributed by atoms with van der Waals surface area (Å²) < 4.78 is 43.7. The van der Waals surface area contributed by atoms with E-state index in [9.17, 15) is 12.8 Å². The Labute approximate surface area is 164 Å². The van der Waals surface area contributed by atoms with Crippen LogP contribution >= 0.6 is 0 Å². The molecule has 2 aromatic carbocycles. The summed E-state index contributed by atoms with van der Waals surface area (Å²) in [5.74, 6) is 0.281. The van der Waals surface area contributed by atoms with Gasteiger partial charge < -0.3 is 4.57 Å². The number of rotatable bonds is 5. The first kappa shape index (κ1) is 18.8. The summed E-state index contributed by atoms with van der Waals surface area (Å²) >= 11 is 0. The maximum absolute atomic E-state index is 13.6. The molecule has 1 N–H and O–H groups in total.